The molecule has 0 spiro atoms. The average molecular weight is 290 g/mol. The Hall–Kier alpha value is -1.31. The van der Waals surface area contributed by atoms with Gasteiger partial charge in [0.15, 0.2) is 0 Å². The van der Waals surface area contributed by atoms with Gasteiger partial charge in [-0.1, -0.05) is 69.4 Å². The van der Waals surface area contributed by atoms with Gasteiger partial charge in [0.05, 0.1) is 6.61 Å². The smallest absolute Gasteiger partial charge is 0.305 e. The van der Waals surface area contributed by atoms with Crippen LogP contribution >= 0.6 is 0 Å². The third kappa shape index (κ3) is 10.1. The van der Waals surface area contributed by atoms with Gasteiger partial charge in [-0.25, -0.2) is 0 Å². The van der Waals surface area contributed by atoms with Gasteiger partial charge < -0.3 is 4.74 Å². The standard InChI is InChI=1S/C19H30O2/c1-2-3-4-11-16-19(20)21-17-12-6-5-8-13-18-14-9-7-10-15-18/h7,9-10,14-15H,2-6,8,11-13,16-17H2,1H3. The second-order valence-corrected chi connectivity index (χ2v) is 5.68. The summed E-state index contributed by atoms with van der Waals surface area (Å²) in [5.41, 5.74) is 1.41. The minimum absolute atomic E-state index is 0.0182. The molecule has 2 nitrogen and oxygen atoms in total. The lowest BCUT2D eigenvalue weighted by molar-refractivity contribution is -0.143. The molecule has 0 amide bonds. The number of esters is 1. The average Bonchev–Trinajstić information content (AvgIpc) is 2.51. The minimum Gasteiger partial charge on any atom is -0.466 e. The van der Waals surface area contributed by atoms with Crippen molar-refractivity contribution in [2.24, 2.45) is 0 Å². The number of unbranched alkanes of at least 4 members (excludes halogenated alkanes) is 6. The van der Waals surface area contributed by atoms with Crippen LogP contribution in [0.5, 0.6) is 0 Å². The van der Waals surface area contributed by atoms with E-state index in [9.17, 15) is 4.79 Å². The van der Waals surface area contributed by atoms with Crippen LogP contribution in [0.1, 0.15) is 70.3 Å². The first-order chi connectivity index (χ1) is 10.3. The molecular formula is C19H30O2. The Bertz CT molecular complexity index is 359. The zero-order valence-electron chi connectivity index (χ0n) is 13.5. The van der Waals surface area contributed by atoms with E-state index in [1.807, 2.05) is 0 Å². The van der Waals surface area contributed by atoms with Crippen LogP contribution in [-0.4, -0.2) is 12.6 Å². The van der Waals surface area contributed by atoms with Crippen LogP contribution in [0.4, 0.5) is 0 Å². The zero-order valence-corrected chi connectivity index (χ0v) is 13.5. The van der Waals surface area contributed by atoms with Crippen molar-refractivity contribution in [3.8, 4) is 0 Å². The molecule has 0 aliphatic rings. The van der Waals surface area contributed by atoms with Gasteiger partial charge in [-0.3, -0.25) is 4.79 Å². The fraction of sp³-hybridized carbons (Fsp3) is 0.632. The van der Waals surface area contributed by atoms with E-state index in [2.05, 4.69) is 37.3 Å². The highest BCUT2D eigenvalue weighted by atomic mass is 16.5. The van der Waals surface area contributed by atoms with Crippen LogP contribution in [-0.2, 0) is 16.0 Å². The van der Waals surface area contributed by atoms with E-state index in [0.717, 1.165) is 32.1 Å². The number of carbonyl (C=O) groups excluding carboxylic acids is 1. The number of hydrogen-bond acceptors (Lipinski definition) is 2. The summed E-state index contributed by atoms with van der Waals surface area (Å²) in [7, 11) is 0. The molecule has 0 fully saturated rings. The van der Waals surface area contributed by atoms with Gasteiger partial charge in [0.25, 0.3) is 0 Å². The summed E-state index contributed by atoms with van der Waals surface area (Å²) in [6.45, 7) is 2.77. The SMILES string of the molecule is CCCCCCC(=O)OCCCCCCc1ccccc1. The van der Waals surface area contributed by atoms with Gasteiger partial charge in [0.2, 0.25) is 0 Å². The van der Waals surface area contributed by atoms with E-state index < -0.39 is 0 Å². The predicted octanol–water partition coefficient (Wildman–Crippen LogP) is 5.30. The quantitative estimate of drug-likeness (QED) is 0.385. The van der Waals surface area contributed by atoms with E-state index in [-0.39, 0.29) is 5.97 Å². The van der Waals surface area contributed by atoms with Gasteiger partial charge >= 0.3 is 5.97 Å². The first-order valence-corrected chi connectivity index (χ1v) is 8.52. The van der Waals surface area contributed by atoms with Gasteiger partial charge in [0, 0.05) is 6.42 Å². The lowest BCUT2D eigenvalue weighted by Crippen LogP contribution is -2.05. The Kier molecular flexibility index (Phi) is 10.5. The van der Waals surface area contributed by atoms with Crippen LogP contribution in [0, 0.1) is 0 Å². The maximum absolute atomic E-state index is 11.5. The first kappa shape index (κ1) is 17.7. The van der Waals surface area contributed by atoms with E-state index >= 15 is 0 Å². The number of carbonyl (C=O) groups is 1. The summed E-state index contributed by atoms with van der Waals surface area (Å²) in [4.78, 5) is 11.5. The number of hydrogen-bond donors (Lipinski definition) is 0. The maximum atomic E-state index is 11.5. The molecule has 118 valence electrons. The highest BCUT2D eigenvalue weighted by Crippen LogP contribution is 2.08. The summed E-state index contributed by atoms with van der Waals surface area (Å²) in [6, 6.07) is 10.6. The van der Waals surface area contributed by atoms with Crippen molar-refractivity contribution in [1.29, 1.82) is 0 Å². The molecule has 1 aromatic carbocycles. The molecule has 0 bridgehead atoms. The zero-order chi connectivity index (χ0) is 15.2. The molecule has 0 aliphatic carbocycles. The number of benzene rings is 1. The van der Waals surface area contributed by atoms with Crippen molar-refractivity contribution in [3.05, 3.63) is 35.9 Å². The molecule has 0 N–H and O–H groups in total. The van der Waals surface area contributed by atoms with E-state index in [0.29, 0.717) is 13.0 Å². The van der Waals surface area contributed by atoms with E-state index in [1.165, 1.54) is 31.2 Å². The van der Waals surface area contributed by atoms with Crippen LogP contribution in [0.3, 0.4) is 0 Å². The second kappa shape index (κ2) is 12.4. The minimum atomic E-state index is -0.0182. The summed E-state index contributed by atoms with van der Waals surface area (Å²) in [6.07, 6.45) is 10.9. The Morgan fingerprint density at radius 3 is 2.38 bits per heavy atom. The van der Waals surface area contributed by atoms with Crippen molar-refractivity contribution in [2.45, 2.75) is 71.1 Å². The molecule has 0 aliphatic heterocycles. The molecule has 0 unspecified atom stereocenters. The Labute approximate surface area is 129 Å². The van der Waals surface area contributed by atoms with Gasteiger partial charge in [-0.15, -0.1) is 0 Å². The highest BCUT2D eigenvalue weighted by Gasteiger charge is 2.02. The van der Waals surface area contributed by atoms with Gasteiger partial charge in [0.1, 0.15) is 0 Å². The van der Waals surface area contributed by atoms with Crippen molar-refractivity contribution >= 4 is 5.97 Å². The Morgan fingerprint density at radius 1 is 0.905 bits per heavy atom. The number of ether oxygens (including phenoxy) is 1. The molecular weight excluding hydrogens is 260 g/mol. The summed E-state index contributed by atoms with van der Waals surface area (Å²) >= 11 is 0. The van der Waals surface area contributed by atoms with Crippen LogP contribution < -0.4 is 0 Å². The predicted molar refractivity (Wildman–Crippen MR) is 88.3 cm³/mol. The van der Waals surface area contributed by atoms with Crippen molar-refractivity contribution in [2.75, 3.05) is 6.61 Å². The molecule has 0 aromatic heterocycles. The fourth-order valence-electron chi connectivity index (χ4n) is 2.38. The molecule has 2 heteroatoms. The molecule has 0 radical (unpaired) electrons. The van der Waals surface area contributed by atoms with Crippen LogP contribution in [0.25, 0.3) is 0 Å². The van der Waals surface area contributed by atoms with Crippen molar-refractivity contribution in [3.63, 3.8) is 0 Å². The van der Waals surface area contributed by atoms with Gasteiger partial charge in [-0.2, -0.15) is 0 Å². The Morgan fingerprint density at radius 2 is 1.62 bits per heavy atom. The summed E-state index contributed by atoms with van der Waals surface area (Å²) in [5, 5.41) is 0. The molecule has 0 heterocycles. The number of aryl methyl sites for hydroxylation is 1. The third-order valence-electron chi connectivity index (χ3n) is 3.70. The summed E-state index contributed by atoms with van der Waals surface area (Å²) < 4.78 is 5.25. The van der Waals surface area contributed by atoms with Crippen molar-refractivity contribution < 1.29 is 9.53 Å². The largest absolute Gasteiger partial charge is 0.466 e. The fourth-order valence-corrected chi connectivity index (χ4v) is 2.38. The topological polar surface area (TPSA) is 26.3 Å². The van der Waals surface area contributed by atoms with Crippen LogP contribution in [0.2, 0.25) is 0 Å². The van der Waals surface area contributed by atoms with E-state index in [4.69, 9.17) is 4.74 Å². The van der Waals surface area contributed by atoms with Crippen molar-refractivity contribution in [1.82, 2.24) is 0 Å². The normalized spacial score (nSPS) is 10.5. The van der Waals surface area contributed by atoms with Crippen LogP contribution in [0.15, 0.2) is 30.3 Å². The number of rotatable bonds is 12. The maximum Gasteiger partial charge on any atom is 0.305 e. The van der Waals surface area contributed by atoms with E-state index in [1.54, 1.807) is 0 Å². The monoisotopic (exact) mass is 290 g/mol. The Balaban J connectivity index is 1.87. The lowest BCUT2D eigenvalue weighted by atomic mass is 10.1. The molecule has 1 rings (SSSR count). The summed E-state index contributed by atoms with van der Waals surface area (Å²) in [5.74, 6) is -0.0182. The molecule has 0 saturated heterocycles. The first-order valence-electron chi connectivity index (χ1n) is 8.52. The molecule has 0 saturated carbocycles. The highest BCUT2D eigenvalue weighted by molar-refractivity contribution is 5.69. The molecule has 0 atom stereocenters. The third-order valence-corrected chi connectivity index (χ3v) is 3.70. The lowest BCUT2D eigenvalue weighted by Gasteiger charge is -2.05. The molecule has 21 heavy (non-hydrogen) atoms. The second-order valence-electron chi connectivity index (χ2n) is 5.68. The van der Waals surface area contributed by atoms with Gasteiger partial charge in [-0.05, 0) is 31.2 Å². The molecule has 1 aromatic rings.